The number of halogens is 7. The van der Waals surface area contributed by atoms with E-state index < -0.39 is 34.7 Å². The van der Waals surface area contributed by atoms with Crippen molar-refractivity contribution in [2.24, 2.45) is 0 Å². The number of nitrogens with one attached hydrogen (secondary N) is 4. The van der Waals surface area contributed by atoms with Crippen LogP contribution in [0.1, 0.15) is 17.5 Å². The van der Waals surface area contributed by atoms with Crippen LogP contribution >= 0.6 is 12.4 Å². The van der Waals surface area contributed by atoms with Crippen molar-refractivity contribution in [3.8, 4) is 0 Å². The minimum atomic E-state index is -5.01. The van der Waals surface area contributed by atoms with Crippen LogP contribution < -0.4 is 21.5 Å². The van der Waals surface area contributed by atoms with Crippen molar-refractivity contribution in [1.82, 2.24) is 20.3 Å². The van der Waals surface area contributed by atoms with Gasteiger partial charge in [0.2, 0.25) is 5.95 Å². The van der Waals surface area contributed by atoms with Crippen molar-refractivity contribution in [3.63, 3.8) is 0 Å². The highest BCUT2D eigenvalue weighted by molar-refractivity contribution is 5.91. The zero-order valence-electron chi connectivity index (χ0n) is 16.6. The molecule has 2 aromatic heterocycles. The molecule has 1 fully saturated rings. The molecule has 33 heavy (non-hydrogen) atoms. The molecule has 0 radical (unpaired) electrons. The van der Waals surface area contributed by atoms with Crippen molar-refractivity contribution < 1.29 is 26.3 Å². The quantitative estimate of drug-likeness (QED) is 0.404. The van der Waals surface area contributed by atoms with Crippen LogP contribution in [0.3, 0.4) is 0 Å². The Bertz CT molecular complexity index is 1170. The van der Waals surface area contributed by atoms with E-state index in [1.165, 1.54) is 12.3 Å². The van der Waals surface area contributed by atoms with Gasteiger partial charge < -0.3 is 20.9 Å². The number of fused-ring (bicyclic) bond motifs is 1. The van der Waals surface area contributed by atoms with Gasteiger partial charge in [-0.2, -0.15) is 31.3 Å². The summed E-state index contributed by atoms with van der Waals surface area (Å²) in [5.41, 5.74) is -3.98. The molecular weight excluding hydrogens is 478 g/mol. The van der Waals surface area contributed by atoms with Crippen molar-refractivity contribution >= 4 is 40.8 Å². The fourth-order valence-electron chi connectivity index (χ4n) is 3.37. The summed E-state index contributed by atoms with van der Waals surface area (Å²) < 4.78 is 79.2. The Morgan fingerprint density at radius 1 is 1.00 bits per heavy atom. The van der Waals surface area contributed by atoms with E-state index in [0.29, 0.717) is 18.7 Å². The van der Waals surface area contributed by atoms with E-state index in [2.05, 4.69) is 30.9 Å². The number of hydrogen-bond acceptors (Lipinski definition) is 6. The maximum atomic E-state index is 13.2. The van der Waals surface area contributed by atoms with Crippen LogP contribution in [-0.4, -0.2) is 34.1 Å². The monoisotopic (exact) mass is 494 g/mol. The molecule has 1 atom stereocenters. The molecule has 1 aliphatic heterocycles. The average molecular weight is 495 g/mol. The van der Waals surface area contributed by atoms with E-state index in [-0.39, 0.29) is 47.2 Å². The molecule has 7 nitrogen and oxygen atoms in total. The summed E-state index contributed by atoms with van der Waals surface area (Å²) >= 11 is 0. The molecule has 14 heteroatoms. The number of pyridine rings is 1. The third-order valence-corrected chi connectivity index (χ3v) is 4.86. The summed E-state index contributed by atoms with van der Waals surface area (Å²) in [6.07, 6.45) is -7.92. The van der Waals surface area contributed by atoms with Gasteiger partial charge in [0.05, 0.1) is 16.6 Å². The van der Waals surface area contributed by atoms with Gasteiger partial charge in [-0.05, 0) is 37.2 Å². The van der Waals surface area contributed by atoms with Gasteiger partial charge in [-0.15, -0.1) is 12.4 Å². The first-order chi connectivity index (χ1) is 15.0. The van der Waals surface area contributed by atoms with Gasteiger partial charge in [-0.25, -0.2) is 4.98 Å². The third-order valence-electron chi connectivity index (χ3n) is 4.86. The van der Waals surface area contributed by atoms with Crippen molar-refractivity contribution in [3.05, 3.63) is 51.9 Å². The van der Waals surface area contributed by atoms with Gasteiger partial charge in [0.25, 0.3) is 5.56 Å². The highest BCUT2D eigenvalue weighted by atomic mass is 35.5. The topological polar surface area (TPSA) is 94.7 Å². The molecule has 178 valence electrons. The Balaban J connectivity index is 0.00000306. The second kappa shape index (κ2) is 9.06. The zero-order chi connectivity index (χ0) is 23.1. The number of H-pyrrole nitrogens is 1. The molecule has 4 N–H and O–H groups in total. The van der Waals surface area contributed by atoms with Crippen LogP contribution in [0.2, 0.25) is 0 Å². The Kier molecular flexibility index (Phi) is 6.75. The van der Waals surface area contributed by atoms with E-state index in [0.717, 1.165) is 13.0 Å². The molecular formula is C19H17ClF6N6O. The average Bonchev–Trinajstić information content (AvgIpc) is 3.19. The van der Waals surface area contributed by atoms with Crippen LogP contribution in [0.4, 0.5) is 43.8 Å². The standard InChI is InChI=1S/C19H16F6N6O.ClH/c20-18(21,22)9-5-10(19(23,24)25)7-12(6-9)28-15-14-13(2-4-27-16(14)32)30-17(31-15)29-11-1-3-26-8-11;/h2,4-7,11,26H,1,3,8H2,(H,27,32)(H2,28,29,30,31);1H/t11-;/m0./s1. The van der Waals surface area contributed by atoms with Gasteiger partial charge in [0, 0.05) is 24.5 Å². The van der Waals surface area contributed by atoms with E-state index in [1.54, 1.807) is 0 Å². The van der Waals surface area contributed by atoms with E-state index in [9.17, 15) is 31.1 Å². The van der Waals surface area contributed by atoms with Crippen molar-refractivity contribution in [2.75, 3.05) is 23.7 Å². The minimum Gasteiger partial charge on any atom is -0.350 e. The number of hydrogen-bond donors (Lipinski definition) is 4. The molecule has 0 spiro atoms. The molecule has 3 aromatic rings. The van der Waals surface area contributed by atoms with Crippen LogP contribution in [0, 0.1) is 0 Å². The Labute approximate surface area is 188 Å². The minimum absolute atomic E-state index is 0. The summed E-state index contributed by atoms with van der Waals surface area (Å²) in [6, 6.07) is 2.50. The normalized spacial score (nSPS) is 16.5. The second-order valence-electron chi connectivity index (χ2n) is 7.22. The van der Waals surface area contributed by atoms with E-state index in [1.807, 2.05) is 0 Å². The first kappa shape index (κ1) is 24.6. The zero-order valence-corrected chi connectivity index (χ0v) is 17.4. The van der Waals surface area contributed by atoms with Gasteiger partial charge in [0.15, 0.2) is 0 Å². The lowest BCUT2D eigenvalue weighted by Crippen LogP contribution is -2.24. The Morgan fingerprint density at radius 3 is 2.24 bits per heavy atom. The molecule has 0 bridgehead atoms. The Morgan fingerprint density at radius 2 is 1.67 bits per heavy atom. The molecule has 4 rings (SSSR count). The number of anilines is 3. The molecule has 1 saturated heterocycles. The van der Waals surface area contributed by atoms with Gasteiger partial charge in [0.1, 0.15) is 11.2 Å². The van der Waals surface area contributed by atoms with Crippen molar-refractivity contribution in [1.29, 1.82) is 0 Å². The molecule has 1 aromatic carbocycles. The molecule has 3 heterocycles. The lowest BCUT2D eigenvalue weighted by atomic mass is 10.1. The fraction of sp³-hybridized carbons (Fsp3) is 0.316. The smallest absolute Gasteiger partial charge is 0.350 e. The van der Waals surface area contributed by atoms with E-state index in [4.69, 9.17) is 0 Å². The number of aromatic nitrogens is 3. The predicted molar refractivity (Wildman–Crippen MR) is 112 cm³/mol. The van der Waals surface area contributed by atoms with Gasteiger partial charge in [-0.3, -0.25) is 4.79 Å². The molecule has 1 aliphatic rings. The second-order valence-corrected chi connectivity index (χ2v) is 7.22. The third kappa shape index (κ3) is 5.47. The maximum absolute atomic E-state index is 13.2. The van der Waals surface area contributed by atoms with Crippen LogP contribution in [0.25, 0.3) is 10.9 Å². The van der Waals surface area contributed by atoms with Crippen molar-refractivity contribution in [2.45, 2.75) is 24.8 Å². The lowest BCUT2D eigenvalue weighted by Gasteiger charge is -2.17. The number of aromatic amines is 1. The van der Waals surface area contributed by atoms with Crippen LogP contribution in [-0.2, 0) is 12.4 Å². The number of nitrogens with zero attached hydrogens (tertiary/aromatic N) is 2. The number of benzene rings is 1. The summed E-state index contributed by atoms with van der Waals surface area (Å²) in [5, 5.41) is 8.53. The van der Waals surface area contributed by atoms with Crippen LogP contribution in [0.15, 0.2) is 35.3 Å². The largest absolute Gasteiger partial charge is 0.416 e. The van der Waals surface area contributed by atoms with E-state index >= 15 is 0 Å². The molecule has 0 saturated carbocycles. The lowest BCUT2D eigenvalue weighted by molar-refractivity contribution is -0.143. The number of alkyl halides is 6. The molecule has 0 amide bonds. The van der Waals surface area contributed by atoms with Crippen LogP contribution in [0.5, 0.6) is 0 Å². The summed E-state index contributed by atoms with van der Waals surface area (Å²) in [6.45, 7) is 1.39. The predicted octanol–water partition coefficient (Wildman–Crippen LogP) is 4.29. The summed E-state index contributed by atoms with van der Waals surface area (Å²) in [5.74, 6) is -0.139. The SMILES string of the molecule is Cl.O=c1[nH]ccc2nc(N[C@H]3CCNC3)nc(Nc3cc(C(F)(F)F)cc(C(F)(F)F)c3)c12. The van der Waals surface area contributed by atoms with Gasteiger partial charge >= 0.3 is 12.4 Å². The number of rotatable bonds is 4. The summed E-state index contributed by atoms with van der Waals surface area (Å²) in [7, 11) is 0. The summed E-state index contributed by atoms with van der Waals surface area (Å²) in [4.78, 5) is 23.1. The molecule has 0 aliphatic carbocycles. The fourth-order valence-corrected chi connectivity index (χ4v) is 3.37. The van der Waals surface area contributed by atoms with Gasteiger partial charge in [-0.1, -0.05) is 0 Å². The highest BCUT2D eigenvalue weighted by Crippen LogP contribution is 2.38. The highest BCUT2D eigenvalue weighted by Gasteiger charge is 2.37. The first-order valence-corrected chi connectivity index (χ1v) is 9.44. The molecule has 0 unspecified atom stereocenters. The Hall–Kier alpha value is -3.06. The maximum Gasteiger partial charge on any atom is 0.416 e. The first-order valence-electron chi connectivity index (χ1n) is 9.44.